The third kappa shape index (κ3) is 3.75. The van der Waals surface area contributed by atoms with E-state index in [1.807, 2.05) is 37.3 Å². The van der Waals surface area contributed by atoms with Crippen LogP contribution in [0.5, 0.6) is 0 Å². The van der Waals surface area contributed by atoms with E-state index in [1.54, 1.807) is 18.3 Å². The molecule has 1 fully saturated rings. The quantitative estimate of drug-likeness (QED) is 0.742. The molecule has 2 aromatic carbocycles. The molecule has 0 unspecified atom stereocenters. The van der Waals surface area contributed by atoms with Crippen molar-refractivity contribution in [3.8, 4) is 0 Å². The van der Waals surface area contributed by atoms with E-state index in [0.717, 1.165) is 22.2 Å². The van der Waals surface area contributed by atoms with Gasteiger partial charge in [-0.1, -0.05) is 30.3 Å². The molecule has 0 aliphatic carbocycles. The molecule has 6 heteroatoms. The number of anilines is 1. The zero-order valence-corrected chi connectivity index (χ0v) is 15.1. The lowest BCUT2D eigenvalue weighted by Gasteiger charge is -2.39. The second-order valence-corrected chi connectivity index (χ2v) is 6.88. The first-order chi connectivity index (χ1) is 13.1. The van der Waals surface area contributed by atoms with Crippen LogP contribution in [0.2, 0.25) is 0 Å². The molecule has 0 bridgehead atoms. The van der Waals surface area contributed by atoms with E-state index >= 15 is 0 Å². The Balaban J connectivity index is 1.33. The third-order valence-corrected chi connectivity index (χ3v) is 4.90. The molecule has 1 aliphatic rings. The normalized spacial score (nSPS) is 14.7. The van der Waals surface area contributed by atoms with Crippen molar-refractivity contribution in [1.29, 1.82) is 0 Å². The number of pyridine rings is 1. The average Bonchev–Trinajstić information content (AvgIpc) is 2.62. The van der Waals surface area contributed by atoms with Crippen LogP contribution in [-0.4, -0.2) is 35.0 Å². The number of aryl methyl sites for hydroxylation is 1. The highest BCUT2D eigenvalue weighted by molar-refractivity contribution is 6.02. The number of likely N-dealkylation sites (tertiary alicyclic amines) is 1. The molecule has 4 rings (SSSR count). The number of fused-ring (bicyclic) bond motifs is 1. The topological polar surface area (TPSA) is 57.3 Å². The summed E-state index contributed by atoms with van der Waals surface area (Å²) in [5.74, 6) is -0.188. The summed E-state index contributed by atoms with van der Waals surface area (Å²) < 4.78 is 13.7. The summed E-state index contributed by atoms with van der Waals surface area (Å²) in [6.07, 6.45) is 1.74. The van der Waals surface area contributed by atoms with E-state index < -0.39 is 0 Å². The highest BCUT2D eigenvalue weighted by Crippen LogP contribution is 2.24. The van der Waals surface area contributed by atoms with E-state index in [2.05, 4.69) is 20.5 Å². The summed E-state index contributed by atoms with van der Waals surface area (Å²) in [4.78, 5) is 18.7. The Morgan fingerprint density at radius 2 is 1.96 bits per heavy atom. The Kier molecular flexibility index (Phi) is 4.73. The van der Waals surface area contributed by atoms with E-state index in [4.69, 9.17) is 0 Å². The Morgan fingerprint density at radius 1 is 1.15 bits per heavy atom. The van der Waals surface area contributed by atoms with E-state index in [1.165, 1.54) is 6.07 Å². The number of carbonyl (C=O) groups excluding carboxylic acids is 1. The van der Waals surface area contributed by atoms with Gasteiger partial charge in [-0.25, -0.2) is 9.18 Å². The highest BCUT2D eigenvalue weighted by Gasteiger charge is 2.28. The van der Waals surface area contributed by atoms with Gasteiger partial charge < -0.3 is 10.6 Å². The van der Waals surface area contributed by atoms with Gasteiger partial charge in [0.1, 0.15) is 5.82 Å². The van der Waals surface area contributed by atoms with Crippen LogP contribution in [0.1, 0.15) is 11.3 Å². The van der Waals surface area contributed by atoms with Crippen molar-refractivity contribution in [2.75, 3.05) is 18.4 Å². The SMILES string of the molecule is Cc1nccc2c(NC(=O)NC3CN(Cc4ccccc4F)C3)cccc12. The van der Waals surface area contributed by atoms with Gasteiger partial charge in [-0.05, 0) is 25.1 Å². The molecule has 0 saturated carbocycles. The lowest BCUT2D eigenvalue weighted by molar-refractivity contribution is 0.122. The molecule has 1 aliphatic heterocycles. The Bertz CT molecular complexity index is 985. The standard InChI is InChI=1S/C21H21FN4O/c1-14-17-6-4-8-20(18(17)9-10-23-14)25-21(27)24-16-12-26(13-16)11-15-5-2-3-7-19(15)22/h2-10,16H,11-13H2,1H3,(H2,24,25,27). The maximum absolute atomic E-state index is 13.7. The predicted octanol–water partition coefficient (Wildman–Crippen LogP) is 3.69. The minimum atomic E-state index is -0.229. The highest BCUT2D eigenvalue weighted by atomic mass is 19.1. The van der Waals surface area contributed by atoms with E-state index in [9.17, 15) is 9.18 Å². The number of hydrogen-bond acceptors (Lipinski definition) is 3. The molecular formula is C21H21FN4O. The second-order valence-electron chi connectivity index (χ2n) is 6.88. The summed E-state index contributed by atoms with van der Waals surface area (Å²) in [7, 11) is 0. The molecule has 1 saturated heterocycles. The Morgan fingerprint density at radius 3 is 2.78 bits per heavy atom. The molecule has 138 valence electrons. The van der Waals surface area contributed by atoms with Crippen molar-refractivity contribution in [3.05, 3.63) is 71.8 Å². The number of rotatable bonds is 4. The maximum Gasteiger partial charge on any atom is 0.319 e. The molecule has 1 aromatic heterocycles. The van der Waals surface area contributed by atoms with Gasteiger partial charge >= 0.3 is 6.03 Å². The predicted molar refractivity (Wildman–Crippen MR) is 104 cm³/mol. The number of nitrogens with zero attached hydrogens (tertiary/aromatic N) is 2. The monoisotopic (exact) mass is 364 g/mol. The van der Waals surface area contributed by atoms with Gasteiger partial charge in [0.2, 0.25) is 0 Å². The first kappa shape index (κ1) is 17.4. The lowest BCUT2D eigenvalue weighted by atomic mass is 10.1. The average molecular weight is 364 g/mol. The zero-order valence-electron chi connectivity index (χ0n) is 15.1. The van der Waals surface area contributed by atoms with Gasteiger partial charge in [0.25, 0.3) is 0 Å². The third-order valence-electron chi connectivity index (χ3n) is 4.90. The van der Waals surface area contributed by atoms with Crippen molar-refractivity contribution in [3.63, 3.8) is 0 Å². The molecule has 0 spiro atoms. The van der Waals surface area contributed by atoms with Crippen LogP contribution < -0.4 is 10.6 Å². The van der Waals surface area contributed by atoms with Gasteiger partial charge in [-0.2, -0.15) is 0 Å². The molecular weight excluding hydrogens is 343 g/mol. The largest absolute Gasteiger partial charge is 0.333 e. The van der Waals surface area contributed by atoms with Crippen molar-refractivity contribution in [2.24, 2.45) is 0 Å². The summed E-state index contributed by atoms with van der Waals surface area (Å²) in [6.45, 7) is 3.92. The Hall–Kier alpha value is -2.99. The van der Waals surface area contributed by atoms with Crippen LogP contribution in [0.4, 0.5) is 14.9 Å². The number of nitrogens with one attached hydrogen (secondary N) is 2. The number of carbonyl (C=O) groups is 1. The number of urea groups is 1. The van der Waals surface area contributed by atoms with Gasteiger partial charge in [-0.15, -0.1) is 0 Å². The number of halogens is 1. The fraction of sp³-hybridized carbons (Fsp3) is 0.238. The maximum atomic E-state index is 13.7. The minimum absolute atomic E-state index is 0.0650. The summed E-state index contributed by atoms with van der Waals surface area (Å²) in [5.41, 5.74) is 2.37. The second kappa shape index (κ2) is 7.32. The molecule has 3 aromatic rings. The van der Waals surface area contributed by atoms with Crippen molar-refractivity contribution < 1.29 is 9.18 Å². The van der Waals surface area contributed by atoms with Crippen LogP contribution >= 0.6 is 0 Å². The summed E-state index contributed by atoms with van der Waals surface area (Å²) in [6, 6.07) is 14.3. The number of hydrogen-bond donors (Lipinski definition) is 2. The molecule has 2 heterocycles. The zero-order chi connectivity index (χ0) is 18.8. The lowest BCUT2D eigenvalue weighted by Crippen LogP contribution is -2.59. The Labute approximate surface area is 157 Å². The van der Waals surface area contributed by atoms with Gasteiger partial charge in [0, 0.05) is 47.9 Å². The van der Waals surface area contributed by atoms with Crippen LogP contribution in [0, 0.1) is 12.7 Å². The van der Waals surface area contributed by atoms with Gasteiger partial charge in [0.05, 0.1) is 11.7 Å². The number of amides is 2. The molecule has 5 nitrogen and oxygen atoms in total. The molecule has 0 radical (unpaired) electrons. The first-order valence-electron chi connectivity index (χ1n) is 8.98. The molecule has 27 heavy (non-hydrogen) atoms. The van der Waals surface area contributed by atoms with Crippen LogP contribution in [-0.2, 0) is 6.54 Å². The van der Waals surface area contributed by atoms with Gasteiger partial charge in [-0.3, -0.25) is 9.88 Å². The fourth-order valence-electron chi connectivity index (χ4n) is 3.46. The van der Waals surface area contributed by atoms with E-state index in [0.29, 0.717) is 25.2 Å². The van der Waals surface area contributed by atoms with E-state index in [-0.39, 0.29) is 17.9 Å². The fourth-order valence-corrected chi connectivity index (χ4v) is 3.46. The molecule has 2 amide bonds. The van der Waals surface area contributed by atoms with Gasteiger partial charge in [0.15, 0.2) is 0 Å². The van der Waals surface area contributed by atoms with Crippen molar-refractivity contribution in [1.82, 2.24) is 15.2 Å². The van der Waals surface area contributed by atoms with Crippen LogP contribution in [0.15, 0.2) is 54.7 Å². The van der Waals surface area contributed by atoms with Crippen molar-refractivity contribution in [2.45, 2.75) is 19.5 Å². The summed E-state index contributed by atoms with van der Waals surface area (Å²) >= 11 is 0. The summed E-state index contributed by atoms with van der Waals surface area (Å²) in [5, 5.41) is 7.89. The van der Waals surface area contributed by atoms with Crippen molar-refractivity contribution >= 4 is 22.5 Å². The molecule has 2 N–H and O–H groups in total. The molecule has 0 atom stereocenters. The van der Waals surface area contributed by atoms with Crippen LogP contribution in [0.3, 0.4) is 0 Å². The smallest absolute Gasteiger partial charge is 0.319 e. The first-order valence-corrected chi connectivity index (χ1v) is 8.98. The minimum Gasteiger partial charge on any atom is -0.333 e. The number of benzene rings is 2. The number of aromatic nitrogens is 1. The van der Waals surface area contributed by atoms with Crippen LogP contribution in [0.25, 0.3) is 10.8 Å².